The SMILES string of the molecule is C=C/C=C(\C)C1=[N+]=CC(c2ccc3c(ccc4c5ccc(C(/C=C(\C)C(=N)/C=C\C)=C/N)cc5n(-c5ccc6ccccc6c5)c34)c2)=C1. The lowest BCUT2D eigenvalue weighted by molar-refractivity contribution is 1.19. The molecule has 0 amide bonds. The molecule has 232 valence electrons. The zero-order valence-electron chi connectivity index (χ0n) is 27.5. The van der Waals surface area contributed by atoms with Gasteiger partial charge in [-0.05, 0) is 95.6 Å². The van der Waals surface area contributed by atoms with E-state index in [4.69, 9.17) is 11.1 Å². The molecule has 4 heteroatoms. The van der Waals surface area contributed by atoms with Crippen molar-refractivity contribution in [3.8, 4) is 5.69 Å². The predicted molar refractivity (Wildman–Crippen MR) is 209 cm³/mol. The minimum atomic E-state index is 0.464. The molecule has 0 fully saturated rings. The van der Waals surface area contributed by atoms with Gasteiger partial charge >= 0.3 is 11.9 Å². The molecule has 0 unspecified atom stereocenters. The smallest absolute Gasteiger partial charge is 0.330 e. The Morgan fingerprint density at radius 2 is 1.62 bits per heavy atom. The number of allylic oxidation sites excluding steroid dienone is 10. The molecule has 5 aromatic carbocycles. The summed E-state index contributed by atoms with van der Waals surface area (Å²) in [6.45, 7) is 9.75. The van der Waals surface area contributed by atoms with E-state index in [0.717, 1.165) is 61.2 Å². The number of hydrogen-bond acceptors (Lipinski definition) is 2. The first kappa shape index (κ1) is 30.4. The Labute approximate surface area is 280 Å². The fraction of sp³-hybridized carbons (Fsp3) is 0.0682. The highest BCUT2D eigenvalue weighted by Crippen LogP contribution is 2.39. The Bertz CT molecular complexity index is 2550. The van der Waals surface area contributed by atoms with Gasteiger partial charge in [0.05, 0.1) is 22.3 Å². The number of rotatable bonds is 8. The molecule has 0 spiro atoms. The molecule has 7 rings (SSSR count). The van der Waals surface area contributed by atoms with Crippen LogP contribution in [-0.4, -0.2) is 22.2 Å². The molecule has 0 radical (unpaired) electrons. The first-order valence-corrected chi connectivity index (χ1v) is 16.1. The molecule has 48 heavy (non-hydrogen) atoms. The largest absolute Gasteiger partial charge is 0.404 e. The Kier molecular flexibility index (Phi) is 7.94. The molecule has 0 saturated heterocycles. The maximum atomic E-state index is 8.39. The fourth-order valence-corrected chi connectivity index (χ4v) is 6.61. The van der Waals surface area contributed by atoms with Crippen LogP contribution in [0, 0.1) is 5.41 Å². The summed E-state index contributed by atoms with van der Waals surface area (Å²) in [4.78, 5) is 0. The molecule has 0 atom stereocenters. The molecule has 1 aliphatic heterocycles. The maximum Gasteiger partial charge on any atom is 0.330 e. The van der Waals surface area contributed by atoms with Crippen LogP contribution >= 0.6 is 0 Å². The van der Waals surface area contributed by atoms with Crippen LogP contribution in [0.2, 0.25) is 0 Å². The van der Waals surface area contributed by atoms with E-state index in [1.807, 2.05) is 38.3 Å². The van der Waals surface area contributed by atoms with Crippen molar-refractivity contribution < 1.29 is 0 Å². The zero-order chi connectivity index (χ0) is 33.4. The summed E-state index contributed by atoms with van der Waals surface area (Å²) in [7, 11) is 0. The lowest BCUT2D eigenvalue weighted by atomic mass is 9.98. The summed E-state index contributed by atoms with van der Waals surface area (Å²) >= 11 is 0. The number of aromatic nitrogens is 1. The molecule has 0 bridgehead atoms. The van der Waals surface area contributed by atoms with Crippen LogP contribution in [0.5, 0.6) is 0 Å². The summed E-state index contributed by atoms with van der Waals surface area (Å²) in [5, 5.41) is 15.5. The van der Waals surface area contributed by atoms with Gasteiger partial charge in [0.2, 0.25) is 0 Å². The number of nitrogens with one attached hydrogen (secondary N) is 1. The zero-order valence-corrected chi connectivity index (χ0v) is 27.5. The molecular formula is C44H37N4+. The van der Waals surface area contributed by atoms with Gasteiger partial charge in [-0.1, -0.05) is 96.2 Å². The molecule has 1 aliphatic rings. The first-order chi connectivity index (χ1) is 23.4. The van der Waals surface area contributed by atoms with Crippen molar-refractivity contribution in [2.45, 2.75) is 20.8 Å². The standard InChI is InChI=1S/C44H36N4/c1-5-9-28(3)42-24-36(27-47-42)32-14-18-38-34(22-32)16-20-40-39-19-15-33(35(26-45)21-29(4)41(46)10-6-2)25-43(39)48(44(38)40)37-17-13-30-11-7-8-12-31(30)23-37/h5-27,45-46H,1H2,2-4H3/p+1/b10-6-,28-9+,29-21+,46-41?. The summed E-state index contributed by atoms with van der Waals surface area (Å²) < 4.78 is 7.05. The van der Waals surface area contributed by atoms with Crippen molar-refractivity contribution in [3.05, 3.63) is 163 Å². The third kappa shape index (κ3) is 5.35. The molecule has 1 aromatic heterocycles. The van der Waals surface area contributed by atoms with Gasteiger partial charge in [-0.3, -0.25) is 0 Å². The van der Waals surface area contributed by atoms with Gasteiger partial charge in [-0.2, -0.15) is 0 Å². The van der Waals surface area contributed by atoms with Gasteiger partial charge in [0.15, 0.2) is 0 Å². The highest BCUT2D eigenvalue weighted by molar-refractivity contribution is 6.27. The van der Waals surface area contributed by atoms with E-state index in [-0.39, 0.29) is 0 Å². The summed E-state index contributed by atoms with van der Waals surface area (Å²) in [5.41, 5.74) is 17.0. The Hall–Kier alpha value is -6.22. The lowest BCUT2D eigenvalue weighted by Crippen LogP contribution is -1.97. The van der Waals surface area contributed by atoms with E-state index in [1.54, 1.807) is 18.4 Å². The second-order valence-corrected chi connectivity index (χ2v) is 12.2. The number of fused-ring (bicyclic) bond motifs is 6. The molecule has 6 aromatic rings. The van der Waals surface area contributed by atoms with Crippen molar-refractivity contribution in [1.82, 2.24) is 9.24 Å². The second-order valence-electron chi connectivity index (χ2n) is 12.2. The van der Waals surface area contributed by atoms with E-state index < -0.39 is 0 Å². The third-order valence-electron chi connectivity index (χ3n) is 9.12. The van der Waals surface area contributed by atoms with Gasteiger partial charge < -0.3 is 15.7 Å². The van der Waals surface area contributed by atoms with Crippen LogP contribution in [0.4, 0.5) is 0 Å². The number of hydrogen-bond donors (Lipinski definition) is 2. The van der Waals surface area contributed by atoms with Crippen LogP contribution in [0.15, 0.2) is 151 Å². The summed E-state index contributed by atoms with van der Waals surface area (Å²) in [6.07, 6.45) is 15.2. The van der Waals surface area contributed by atoms with Crippen LogP contribution in [0.1, 0.15) is 31.9 Å². The predicted octanol–water partition coefficient (Wildman–Crippen LogP) is 10.0. The van der Waals surface area contributed by atoms with Crippen molar-refractivity contribution in [2.75, 3.05) is 0 Å². The van der Waals surface area contributed by atoms with Gasteiger partial charge in [0.1, 0.15) is 0 Å². The van der Waals surface area contributed by atoms with Gasteiger partial charge in [-0.15, -0.1) is 0 Å². The number of benzene rings is 5. The maximum absolute atomic E-state index is 8.39. The van der Waals surface area contributed by atoms with Crippen molar-refractivity contribution >= 4 is 72.1 Å². The van der Waals surface area contributed by atoms with Crippen molar-refractivity contribution in [1.29, 1.82) is 5.41 Å². The minimum absolute atomic E-state index is 0.464. The molecule has 0 aliphatic carbocycles. The van der Waals surface area contributed by atoms with E-state index in [9.17, 15) is 0 Å². The van der Waals surface area contributed by atoms with Crippen LogP contribution in [0.3, 0.4) is 0 Å². The fourth-order valence-electron chi connectivity index (χ4n) is 6.61. The number of nitrogens with zero attached hydrogens (tertiary/aromatic N) is 2. The van der Waals surface area contributed by atoms with E-state index in [1.165, 1.54) is 26.9 Å². The Balaban J connectivity index is 1.46. The Morgan fingerprint density at radius 1 is 0.854 bits per heavy atom. The van der Waals surface area contributed by atoms with Gasteiger partial charge in [-0.25, -0.2) is 0 Å². The van der Waals surface area contributed by atoms with Crippen LogP contribution in [-0.2, 0) is 0 Å². The first-order valence-electron chi connectivity index (χ1n) is 16.1. The van der Waals surface area contributed by atoms with E-state index in [2.05, 4.69) is 120 Å². The van der Waals surface area contributed by atoms with Crippen LogP contribution < -0.4 is 10.4 Å². The number of nitrogens with two attached hydrogens (primary N) is 1. The lowest BCUT2D eigenvalue weighted by Gasteiger charge is -2.12. The Morgan fingerprint density at radius 3 is 2.42 bits per heavy atom. The van der Waals surface area contributed by atoms with Crippen molar-refractivity contribution in [2.24, 2.45) is 5.73 Å². The second kappa shape index (κ2) is 12.5. The topological polar surface area (TPSA) is 68.9 Å². The molecule has 2 heterocycles. The minimum Gasteiger partial charge on any atom is -0.404 e. The quantitative estimate of drug-likeness (QED) is 0.0991. The monoisotopic (exact) mass is 621 g/mol. The molecular weight excluding hydrogens is 585 g/mol. The van der Waals surface area contributed by atoms with Crippen molar-refractivity contribution in [3.63, 3.8) is 0 Å². The van der Waals surface area contributed by atoms with E-state index >= 15 is 0 Å². The average Bonchev–Trinajstić information content (AvgIpc) is 3.74. The molecule has 4 nitrogen and oxygen atoms in total. The molecule has 0 saturated carbocycles. The summed E-state index contributed by atoms with van der Waals surface area (Å²) in [5.74, 6) is 0. The molecule has 3 N–H and O–H groups in total. The van der Waals surface area contributed by atoms with Gasteiger partial charge in [0.25, 0.3) is 0 Å². The average molecular weight is 622 g/mol. The third-order valence-corrected chi connectivity index (χ3v) is 9.12. The van der Waals surface area contributed by atoms with E-state index in [0.29, 0.717) is 5.71 Å². The van der Waals surface area contributed by atoms with Gasteiger partial charge in [0, 0.05) is 39.7 Å². The normalized spacial score (nSPS) is 14.1. The van der Waals surface area contributed by atoms with Crippen LogP contribution in [0.25, 0.3) is 60.2 Å². The highest BCUT2D eigenvalue weighted by atomic mass is 15.0. The highest BCUT2D eigenvalue weighted by Gasteiger charge is 2.21. The summed E-state index contributed by atoms with van der Waals surface area (Å²) in [6, 6.07) is 32.9.